The zero-order chi connectivity index (χ0) is 3.58. The van der Waals surface area contributed by atoms with E-state index in [2.05, 4.69) is 0 Å². The Morgan fingerprint density at radius 1 is 1.50 bits per heavy atom. The summed E-state index contributed by atoms with van der Waals surface area (Å²) in [6, 6.07) is 0. The van der Waals surface area contributed by atoms with E-state index in [1.165, 1.54) is 0 Å². The number of rotatable bonds is 0. The summed E-state index contributed by atoms with van der Waals surface area (Å²) in [4.78, 5) is 14.3. The summed E-state index contributed by atoms with van der Waals surface area (Å²) in [7, 11) is -3.13. The van der Waals surface area contributed by atoms with Gasteiger partial charge in [-0.05, 0) is 0 Å². The van der Waals surface area contributed by atoms with Gasteiger partial charge in [-0.25, -0.2) is 0 Å². The van der Waals surface area contributed by atoms with Gasteiger partial charge in [-0.15, -0.1) is 0 Å². The predicted molar refractivity (Wildman–Crippen MR) is 18.9 cm³/mol. The molecule has 0 aromatic heterocycles. The fraction of sp³-hybridized carbons (Fsp3) is 0. The van der Waals surface area contributed by atoms with Gasteiger partial charge in [0.1, 0.15) is 0 Å². The van der Waals surface area contributed by atoms with Crippen molar-refractivity contribution in [1.82, 2.24) is 0 Å². The molecular weight excluding hydrogens is 156 g/mol. The van der Waals surface area contributed by atoms with Gasteiger partial charge in [0.15, 0.2) is 0 Å². The van der Waals surface area contributed by atoms with Crippen LogP contribution < -0.4 is 0 Å². The third-order valence-electron chi connectivity index (χ3n) is 0. The quantitative estimate of drug-likeness (QED) is 0.412. The minimum atomic E-state index is -3.13. The van der Waals surface area contributed by atoms with Crippen LogP contribution in [0, 0.1) is 0 Å². The van der Waals surface area contributed by atoms with E-state index in [0.717, 1.165) is 0 Å². The Bertz CT molecular complexity index is 40.3. The molecule has 0 radical (unpaired) electrons. The van der Waals surface area contributed by atoms with E-state index in [9.17, 15) is 0 Å². The first kappa shape index (κ1) is 15.8. The first-order valence-corrected chi connectivity index (χ1v) is 1.95. The van der Waals surface area contributed by atoms with Crippen molar-refractivity contribution in [1.29, 1.82) is 0 Å². The smallest absolute Gasteiger partial charge is 1.00 e. The van der Waals surface area contributed by atoms with Crippen LogP contribution in [0.25, 0.3) is 0 Å². The molecule has 36 valence electrons. The fourth-order valence-corrected chi connectivity index (χ4v) is 0. The van der Waals surface area contributed by atoms with E-state index in [1.54, 1.807) is 0 Å². The van der Waals surface area contributed by atoms with Gasteiger partial charge in [-0.3, -0.25) is 4.46 Å². The molecule has 0 aliphatic carbocycles. The third-order valence-corrected chi connectivity index (χ3v) is 0. The van der Waals surface area contributed by atoms with Crippen LogP contribution in [0.15, 0.2) is 0 Å². The average molecular weight is 160 g/mol. The van der Waals surface area contributed by atoms with E-state index in [4.69, 9.17) is 14.1 Å². The summed E-state index contributed by atoms with van der Waals surface area (Å²) < 4.78 is 8.74. The molecule has 0 amide bonds. The van der Waals surface area contributed by atoms with Crippen LogP contribution in [-0.2, 0) is 21.5 Å². The van der Waals surface area contributed by atoms with Crippen LogP contribution in [-0.4, -0.2) is 41.8 Å². The Labute approximate surface area is 66.2 Å². The van der Waals surface area contributed by atoms with Crippen LogP contribution in [0.4, 0.5) is 0 Å². The van der Waals surface area contributed by atoms with Gasteiger partial charge < -0.3 is 12.4 Å². The van der Waals surface area contributed by atoms with Crippen LogP contribution >= 0.6 is 0 Å². The molecule has 3 nitrogen and oxygen atoms in total. The number of hydrogen-bond acceptors (Lipinski definition) is 1. The zero-order valence-corrected chi connectivity index (χ0v) is 6.38. The van der Waals surface area contributed by atoms with E-state index >= 15 is 0 Å². The van der Waals surface area contributed by atoms with Gasteiger partial charge in [-0.2, -0.15) is 0 Å². The van der Waals surface area contributed by atoms with Gasteiger partial charge >= 0.3 is 32.2 Å². The average Bonchev–Trinajstić information content (AvgIpc) is 0.811. The van der Waals surface area contributed by atoms with Gasteiger partial charge in [0.2, 0.25) is 0 Å². The molecule has 0 aromatic rings. The molecule has 0 aliphatic heterocycles. The molecule has 0 saturated heterocycles. The van der Waals surface area contributed by atoms with Crippen molar-refractivity contribution in [3.05, 3.63) is 0 Å². The van der Waals surface area contributed by atoms with Crippen molar-refractivity contribution in [3.63, 3.8) is 0 Å². The van der Waals surface area contributed by atoms with Gasteiger partial charge in [0, 0.05) is 17.1 Å². The summed E-state index contributed by atoms with van der Waals surface area (Å²) in [5.41, 5.74) is 0. The van der Waals surface area contributed by atoms with Gasteiger partial charge in [-0.1, -0.05) is 0 Å². The first-order valence-electron chi connectivity index (χ1n) is 0.651. The monoisotopic (exact) mass is 160 g/mol. The summed E-state index contributed by atoms with van der Waals surface area (Å²) >= 11 is 0. The van der Waals surface area contributed by atoms with Gasteiger partial charge in [0.25, 0.3) is 0 Å². The second-order valence-corrected chi connectivity index (χ2v) is 0.848. The Balaban J connectivity index is -0.00000000750. The SMILES string of the molecule is O=[Si](O)O.[Fe].[H-].[H-].[Mg+2]. The summed E-state index contributed by atoms with van der Waals surface area (Å²) in [5.74, 6) is 0. The normalized spacial score (nSPS) is 4.00. The van der Waals surface area contributed by atoms with Gasteiger partial charge in [0.05, 0.1) is 0 Å². The molecule has 6 heavy (non-hydrogen) atoms. The molecule has 0 spiro atoms. The Kier molecular flexibility index (Phi) is 24.5. The van der Waals surface area contributed by atoms with Crippen LogP contribution in [0.2, 0.25) is 0 Å². The first-order chi connectivity index (χ1) is 1.73. The Morgan fingerprint density at radius 3 is 1.50 bits per heavy atom. The van der Waals surface area contributed by atoms with Crippen LogP contribution in [0.1, 0.15) is 2.85 Å². The minimum absolute atomic E-state index is 0. The molecule has 0 heterocycles. The van der Waals surface area contributed by atoms with Crippen molar-refractivity contribution in [2.24, 2.45) is 0 Å². The van der Waals surface area contributed by atoms with E-state index in [1.807, 2.05) is 0 Å². The molecule has 0 rings (SSSR count). The largest absolute Gasteiger partial charge is 2.00 e. The van der Waals surface area contributed by atoms with E-state index < -0.39 is 9.17 Å². The standard InChI is InChI=1S/Fe.Mg.H2O3Si.2H/c;;1-4(2)3;;/h;;1-2H;;/q;+2;;2*-1. The second kappa shape index (κ2) is 9.32. The maximum absolute atomic E-state index is 8.74. The summed E-state index contributed by atoms with van der Waals surface area (Å²) in [5, 5.41) is 0. The molecule has 0 saturated carbocycles. The molecule has 2 N–H and O–H groups in total. The molecule has 0 fully saturated rings. The molecule has 6 heteroatoms. The molecule has 0 unspecified atom stereocenters. The Hall–Kier alpha value is 0.903. The fourth-order valence-electron chi connectivity index (χ4n) is 0. The predicted octanol–water partition coefficient (Wildman–Crippen LogP) is -1.77. The molecule has 0 atom stereocenters. The van der Waals surface area contributed by atoms with Crippen molar-refractivity contribution in [3.8, 4) is 0 Å². The molecule has 0 bridgehead atoms. The van der Waals surface area contributed by atoms with E-state index in [-0.39, 0.29) is 43.0 Å². The zero-order valence-electron chi connectivity index (χ0n) is 4.86. The third kappa shape index (κ3) is 91.7. The minimum Gasteiger partial charge on any atom is -1.00 e. The topological polar surface area (TPSA) is 57.5 Å². The van der Waals surface area contributed by atoms with Crippen molar-refractivity contribution < 1.29 is 34.0 Å². The van der Waals surface area contributed by atoms with Crippen molar-refractivity contribution >= 4 is 32.2 Å². The van der Waals surface area contributed by atoms with Crippen LogP contribution in [0.5, 0.6) is 0 Å². The van der Waals surface area contributed by atoms with E-state index in [0.29, 0.717) is 0 Å². The maximum Gasteiger partial charge on any atom is 2.00 e. The molecular formula is H4FeMgO3Si. The summed E-state index contributed by atoms with van der Waals surface area (Å²) in [6.45, 7) is 0. The maximum atomic E-state index is 8.74. The van der Waals surface area contributed by atoms with Crippen molar-refractivity contribution in [2.45, 2.75) is 0 Å². The number of hydrogen-bond donors (Lipinski definition) is 2. The second-order valence-electron chi connectivity index (χ2n) is 0.283. The molecule has 0 aliphatic rings. The Morgan fingerprint density at radius 2 is 1.50 bits per heavy atom. The molecule has 0 aromatic carbocycles. The van der Waals surface area contributed by atoms with Crippen LogP contribution in [0.3, 0.4) is 0 Å². The van der Waals surface area contributed by atoms with Crippen molar-refractivity contribution in [2.75, 3.05) is 0 Å². The summed E-state index contributed by atoms with van der Waals surface area (Å²) in [6.07, 6.45) is 0.